The van der Waals surface area contributed by atoms with Crippen molar-refractivity contribution >= 4 is 11.7 Å². The highest BCUT2D eigenvalue weighted by atomic mass is 16.5. The molecule has 0 fully saturated rings. The Morgan fingerprint density at radius 2 is 2.17 bits per heavy atom. The first-order valence-electron chi connectivity index (χ1n) is 7.57. The van der Waals surface area contributed by atoms with Gasteiger partial charge in [0.15, 0.2) is 0 Å². The van der Waals surface area contributed by atoms with Crippen LogP contribution in [-0.2, 0) is 11.2 Å². The fourth-order valence-electron chi connectivity index (χ4n) is 2.18. The van der Waals surface area contributed by atoms with Gasteiger partial charge in [-0.1, -0.05) is 6.92 Å². The molecule has 1 amide bonds. The summed E-state index contributed by atoms with van der Waals surface area (Å²) in [4.78, 5) is 18.6. The van der Waals surface area contributed by atoms with Crippen molar-refractivity contribution < 1.29 is 13.9 Å². The molecule has 6 nitrogen and oxygen atoms in total. The van der Waals surface area contributed by atoms with Gasteiger partial charge in [0.1, 0.15) is 23.4 Å². The normalized spacial score (nSPS) is 12.0. The molecule has 2 rings (SSSR count). The molecule has 0 radical (unpaired) electrons. The zero-order chi connectivity index (χ0) is 16.8. The smallest absolute Gasteiger partial charge is 0.252 e. The van der Waals surface area contributed by atoms with E-state index < -0.39 is 0 Å². The molecule has 0 saturated carbocycles. The van der Waals surface area contributed by atoms with E-state index in [1.54, 1.807) is 25.4 Å². The minimum absolute atomic E-state index is 0.188. The quantitative estimate of drug-likeness (QED) is 0.849. The van der Waals surface area contributed by atoms with E-state index in [1.165, 1.54) is 0 Å². The number of aromatic nitrogens is 1. The van der Waals surface area contributed by atoms with Gasteiger partial charge in [-0.2, -0.15) is 0 Å². The van der Waals surface area contributed by atoms with E-state index in [2.05, 4.69) is 10.3 Å². The van der Waals surface area contributed by atoms with Gasteiger partial charge in [-0.3, -0.25) is 4.79 Å². The van der Waals surface area contributed by atoms with Gasteiger partial charge in [0.05, 0.1) is 6.61 Å². The number of rotatable bonds is 7. The lowest BCUT2D eigenvalue weighted by molar-refractivity contribution is 0.0882. The van der Waals surface area contributed by atoms with Crippen molar-refractivity contribution in [3.05, 3.63) is 47.5 Å². The second kappa shape index (κ2) is 7.78. The van der Waals surface area contributed by atoms with E-state index in [1.807, 2.05) is 38.1 Å². The van der Waals surface area contributed by atoms with Crippen LogP contribution in [0.5, 0.6) is 0 Å². The minimum atomic E-state index is -0.330. The first kappa shape index (κ1) is 17.0. The molecule has 0 aliphatic carbocycles. The molecular formula is C17H23N3O3. The lowest BCUT2D eigenvalue weighted by Gasteiger charge is -2.17. The molecule has 0 aromatic carbocycles. The number of furan rings is 1. The Morgan fingerprint density at radius 3 is 2.78 bits per heavy atom. The molecule has 23 heavy (non-hydrogen) atoms. The summed E-state index contributed by atoms with van der Waals surface area (Å²) in [6, 6.07) is 6.90. The zero-order valence-corrected chi connectivity index (χ0v) is 14.0. The molecule has 1 unspecified atom stereocenters. The number of carbonyl (C=O) groups excluding carboxylic acids is 1. The number of hydrogen-bond donors (Lipinski definition) is 1. The Hall–Kier alpha value is -2.34. The Balaban J connectivity index is 2.16. The van der Waals surface area contributed by atoms with Crippen molar-refractivity contribution in [3.8, 4) is 0 Å². The van der Waals surface area contributed by atoms with E-state index in [0.717, 1.165) is 18.0 Å². The van der Waals surface area contributed by atoms with Crippen LogP contribution in [-0.4, -0.2) is 38.7 Å². The molecule has 0 bridgehead atoms. The second-order valence-electron chi connectivity index (χ2n) is 5.44. The number of nitrogens with zero attached hydrogens (tertiary/aromatic N) is 2. The van der Waals surface area contributed by atoms with Crippen molar-refractivity contribution in [2.75, 3.05) is 32.7 Å². The molecule has 1 atom stereocenters. The van der Waals surface area contributed by atoms with E-state index in [4.69, 9.17) is 9.15 Å². The van der Waals surface area contributed by atoms with Crippen molar-refractivity contribution in [2.45, 2.75) is 19.4 Å². The molecule has 124 valence electrons. The molecule has 6 heteroatoms. The van der Waals surface area contributed by atoms with Gasteiger partial charge in [0.25, 0.3) is 5.91 Å². The van der Waals surface area contributed by atoms with Crippen LogP contribution in [0.1, 0.15) is 34.8 Å². The number of amides is 1. The summed E-state index contributed by atoms with van der Waals surface area (Å²) in [5.41, 5.74) is 0.548. The van der Waals surface area contributed by atoms with Gasteiger partial charge in [-0.25, -0.2) is 4.98 Å². The van der Waals surface area contributed by atoms with Crippen LogP contribution >= 0.6 is 0 Å². The Bertz CT molecular complexity index is 652. The van der Waals surface area contributed by atoms with Gasteiger partial charge >= 0.3 is 0 Å². The molecular weight excluding hydrogens is 294 g/mol. The highest BCUT2D eigenvalue weighted by molar-refractivity contribution is 5.95. The number of carbonyl (C=O) groups is 1. The summed E-state index contributed by atoms with van der Waals surface area (Å²) < 4.78 is 10.9. The van der Waals surface area contributed by atoms with Crippen LogP contribution in [0.25, 0.3) is 0 Å². The average Bonchev–Trinajstić information content (AvgIpc) is 3.03. The number of anilines is 1. The van der Waals surface area contributed by atoms with Crippen molar-refractivity contribution in [1.82, 2.24) is 10.3 Å². The molecule has 2 aromatic rings. The van der Waals surface area contributed by atoms with Gasteiger partial charge in [0, 0.05) is 39.4 Å². The van der Waals surface area contributed by atoms with Crippen molar-refractivity contribution in [3.63, 3.8) is 0 Å². The number of pyridine rings is 1. The third kappa shape index (κ3) is 4.32. The number of nitrogens with one attached hydrogen (secondary N) is 1. The minimum Gasteiger partial charge on any atom is -0.464 e. The summed E-state index contributed by atoms with van der Waals surface area (Å²) in [5.74, 6) is 2.12. The topological polar surface area (TPSA) is 67.6 Å². The summed E-state index contributed by atoms with van der Waals surface area (Å²) in [6.07, 6.45) is 2.43. The SMILES string of the molecule is CCc1ccc(C(COC)NC(=O)c2ccnc(N(C)C)c2)o1. The maximum atomic E-state index is 12.5. The Labute approximate surface area is 136 Å². The van der Waals surface area contributed by atoms with Crippen LogP contribution in [0.3, 0.4) is 0 Å². The van der Waals surface area contributed by atoms with E-state index in [-0.39, 0.29) is 11.9 Å². The highest BCUT2D eigenvalue weighted by Gasteiger charge is 2.19. The lowest BCUT2D eigenvalue weighted by atomic mass is 10.2. The molecule has 0 saturated heterocycles. The molecule has 0 spiro atoms. The number of hydrogen-bond acceptors (Lipinski definition) is 5. The highest BCUT2D eigenvalue weighted by Crippen LogP contribution is 2.19. The maximum absolute atomic E-state index is 12.5. The second-order valence-corrected chi connectivity index (χ2v) is 5.44. The van der Waals surface area contributed by atoms with Gasteiger partial charge in [-0.05, 0) is 24.3 Å². The predicted octanol–water partition coefficient (Wildman–Crippen LogP) is 2.42. The number of methoxy groups -OCH3 is 1. The molecule has 1 N–H and O–H groups in total. The number of ether oxygens (including phenoxy) is 1. The molecule has 0 aliphatic rings. The third-order valence-electron chi connectivity index (χ3n) is 3.48. The van der Waals surface area contributed by atoms with E-state index >= 15 is 0 Å². The third-order valence-corrected chi connectivity index (χ3v) is 3.48. The van der Waals surface area contributed by atoms with E-state index in [9.17, 15) is 4.79 Å². The zero-order valence-electron chi connectivity index (χ0n) is 14.0. The molecule has 2 heterocycles. The largest absolute Gasteiger partial charge is 0.464 e. The van der Waals surface area contributed by atoms with Crippen LogP contribution in [0.15, 0.2) is 34.9 Å². The fraction of sp³-hybridized carbons (Fsp3) is 0.412. The van der Waals surface area contributed by atoms with Crippen molar-refractivity contribution in [2.24, 2.45) is 0 Å². The summed E-state index contributed by atoms with van der Waals surface area (Å²) in [7, 11) is 5.36. The van der Waals surface area contributed by atoms with Gasteiger partial charge in [0.2, 0.25) is 0 Å². The molecule has 0 aliphatic heterocycles. The Kier molecular flexibility index (Phi) is 5.76. The van der Waals surface area contributed by atoms with Crippen LogP contribution in [0.4, 0.5) is 5.82 Å². The predicted molar refractivity (Wildman–Crippen MR) is 88.7 cm³/mol. The van der Waals surface area contributed by atoms with E-state index in [0.29, 0.717) is 17.9 Å². The first-order valence-corrected chi connectivity index (χ1v) is 7.57. The summed E-state index contributed by atoms with van der Waals surface area (Å²) >= 11 is 0. The fourth-order valence-corrected chi connectivity index (χ4v) is 2.18. The standard InChI is InChI=1S/C17H23N3O3/c1-5-13-6-7-15(23-13)14(11-22-4)19-17(21)12-8-9-18-16(10-12)20(2)3/h6-10,14H,5,11H2,1-4H3,(H,19,21). The number of aryl methyl sites for hydroxylation is 1. The van der Waals surface area contributed by atoms with Crippen LogP contribution < -0.4 is 10.2 Å². The van der Waals surface area contributed by atoms with Crippen LogP contribution in [0.2, 0.25) is 0 Å². The summed E-state index contributed by atoms with van der Waals surface area (Å²) in [6.45, 7) is 2.36. The molecule has 2 aromatic heterocycles. The first-order chi connectivity index (χ1) is 11.0. The van der Waals surface area contributed by atoms with Crippen molar-refractivity contribution in [1.29, 1.82) is 0 Å². The summed E-state index contributed by atoms with van der Waals surface area (Å²) in [5, 5.41) is 2.95. The average molecular weight is 317 g/mol. The monoisotopic (exact) mass is 317 g/mol. The lowest BCUT2D eigenvalue weighted by Crippen LogP contribution is -2.31. The Morgan fingerprint density at radius 1 is 1.39 bits per heavy atom. The van der Waals surface area contributed by atoms with Gasteiger partial charge in [-0.15, -0.1) is 0 Å². The van der Waals surface area contributed by atoms with Gasteiger partial charge < -0.3 is 19.4 Å². The van der Waals surface area contributed by atoms with Crippen LogP contribution in [0, 0.1) is 0 Å². The maximum Gasteiger partial charge on any atom is 0.252 e.